The van der Waals surface area contributed by atoms with E-state index < -0.39 is 35.9 Å². The molecule has 172 valence electrons. The van der Waals surface area contributed by atoms with Crippen molar-refractivity contribution in [3.63, 3.8) is 0 Å². The molecule has 3 rings (SSSR count). The first-order valence-electron chi connectivity index (χ1n) is 9.95. The van der Waals surface area contributed by atoms with E-state index in [4.69, 9.17) is 16.3 Å². The topological polar surface area (TPSA) is 42.4 Å². The summed E-state index contributed by atoms with van der Waals surface area (Å²) >= 11 is 6.09. The lowest BCUT2D eigenvalue weighted by Crippen LogP contribution is -2.51. The Morgan fingerprint density at radius 2 is 1.78 bits per heavy atom. The summed E-state index contributed by atoms with van der Waals surface area (Å²) in [7, 11) is 1.36. The number of benzene rings is 2. The molecule has 0 aliphatic carbocycles. The molecule has 1 heterocycles. The molecule has 1 N–H and O–H groups in total. The van der Waals surface area contributed by atoms with Gasteiger partial charge >= 0.3 is 6.18 Å². The van der Waals surface area contributed by atoms with Gasteiger partial charge in [-0.05, 0) is 54.2 Å². The van der Waals surface area contributed by atoms with Crippen molar-refractivity contribution in [1.82, 2.24) is 4.98 Å². The highest BCUT2D eigenvalue weighted by Gasteiger charge is 2.56. The van der Waals surface area contributed by atoms with Crippen molar-refractivity contribution in [3.8, 4) is 5.75 Å². The summed E-state index contributed by atoms with van der Waals surface area (Å²) in [5.74, 6) is -0.360. The van der Waals surface area contributed by atoms with Gasteiger partial charge in [-0.25, -0.2) is 9.37 Å². The third kappa shape index (κ3) is 4.69. The van der Waals surface area contributed by atoms with Gasteiger partial charge in [0.2, 0.25) is 0 Å². The Bertz CT molecular complexity index is 1150. The molecule has 2 aromatic carbocycles. The second-order valence-corrected chi connectivity index (χ2v) is 9.07. The molecule has 3 aromatic rings. The van der Waals surface area contributed by atoms with Gasteiger partial charge in [0.15, 0.2) is 5.60 Å². The lowest BCUT2D eigenvalue weighted by atomic mass is 9.72. The number of aromatic nitrogens is 1. The molecule has 3 nitrogen and oxygen atoms in total. The number of hydrogen-bond acceptors (Lipinski definition) is 3. The van der Waals surface area contributed by atoms with Crippen LogP contribution in [0.15, 0.2) is 42.5 Å². The molecule has 0 aliphatic rings. The molecule has 1 atom stereocenters. The van der Waals surface area contributed by atoms with E-state index in [1.165, 1.54) is 39.2 Å². The molecule has 1 aromatic heterocycles. The van der Waals surface area contributed by atoms with Gasteiger partial charge in [0.05, 0.1) is 12.6 Å². The van der Waals surface area contributed by atoms with Gasteiger partial charge in [-0.1, -0.05) is 43.6 Å². The number of hydrogen-bond donors (Lipinski definition) is 1. The molecule has 0 fully saturated rings. The van der Waals surface area contributed by atoms with Crippen LogP contribution in [0.25, 0.3) is 10.9 Å². The molecular formula is C24H24ClF4NO2. The molecule has 0 saturated carbocycles. The van der Waals surface area contributed by atoms with Crippen molar-refractivity contribution < 1.29 is 27.4 Å². The Morgan fingerprint density at radius 1 is 1.09 bits per heavy atom. The molecule has 32 heavy (non-hydrogen) atoms. The smallest absolute Gasteiger partial charge is 0.417 e. The summed E-state index contributed by atoms with van der Waals surface area (Å²) in [6.07, 6.45) is -6.42. The highest BCUT2D eigenvalue weighted by atomic mass is 35.5. The predicted octanol–water partition coefficient (Wildman–Crippen LogP) is 6.55. The van der Waals surface area contributed by atoms with Crippen LogP contribution in [0.1, 0.15) is 37.0 Å². The minimum absolute atomic E-state index is 0.0392. The number of para-hydroxylation sites is 1. The number of ether oxygens (including phenoxy) is 1. The van der Waals surface area contributed by atoms with Gasteiger partial charge < -0.3 is 9.84 Å². The Balaban J connectivity index is 2.11. The number of halogens is 5. The number of aliphatic hydroxyl groups is 1. The van der Waals surface area contributed by atoms with Gasteiger partial charge in [-0.2, -0.15) is 13.2 Å². The van der Waals surface area contributed by atoms with Crippen molar-refractivity contribution in [1.29, 1.82) is 0 Å². The highest BCUT2D eigenvalue weighted by Crippen LogP contribution is 2.45. The molecule has 1 unspecified atom stereocenters. The molecule has 0 amide bonds. The average molecular weight is 470 g/mol. The second kappa shape index (κ2) is 8.52. The van der Waals surface area contributed by atoms with Crippen LogP contribution >= 0.6 is 11.6 Å². The molecule has 0 radical (unpaired) electrons. The maximum absolute atomic E-state index is 14.3. The monoisotopic (exact) mass is 469 g/mol. The SMILES string of the molecule is COc1ccc(F)cc1C(C)(C)CC(O)(Cc1cc(Cl)nc2c(C)cccc12)C(F)(F)F. The fraction of sp³-hybridized carbons (Fsp3) is 0.375. The third-order valence-corrected chi connectivity index (χ3v) is 5.92. The van der Waals surface area contributed by atoms with Crippen molar-refractivity contribution in [3.05, 3.63) is 70.1 Å². The molecule has 0 aliphatic heterocycles. The largest absolute Gasteiger partial charge is 0.496 e. The molecule has 8 heteroatoms. The first kappa shape index (κ1) is 24.3. The van der Waals surface area contributed by atoms with E-state index in [9.17, 15) is 22.7 Å². The Morgan fingerprint density at radius 3 is 2.41 bits per heavy atom. The van der Waals surface area contributed by atoms with Gasteiger partial charge in [0.25, 0.3) is 0 Å². The summed E-state index contributed by atoms with van der Waals surface area (Å²) in [6, 6.07) is 10.2. The van der Waals surface area contributed by atoms with E-state index in [1.807, 2.05) is 0 Å². The van der Waals surface area contributed by atoms with Crippen LogP contribution in [0.5, 0.6) is 5.75 Å². The molecule has 0 bridgehead atoms. The van der Waals surface area contributed by atoms with Crippen LogP contribution in [0.4, 0.5) is 17.6 Å². The average Bonchev–Trinajstić information content (AvgIpc) is 2.67. The van der Waals surface area contributed by atoms with Crippen molar-refractivity contribution >= 4 is 22.5 Å². The Hall–Kier alpha value is -2.38. The van der Waals surface area contributed by atoms with E-state index in [0.29, 0.717) is 10.9 Å². The third-order valence-electron chi connectivity index (χ3n) is 5.73. The van der Waals surface area contributed by atoms with E-state index in [2.05, 4.69) is 4.98 Å². The van der Waals surface area contributed by atoms with Gasteiger partial charge in [0, 0.05) is 17.4 Å². The fourth-order valence-electron chi connectivity index (χ4n) is 4.19. The Labute approximate surface area is 189 Å². The normalized spacial score (nSPS) is 14.4. The van der Waals surface area contributed by atoms with Crippen LogP contribution in [-0.4, -0.2) is 29.0 Å². The zero-order valence-electron chi connectivity index (χ0n) is 18.1. The lowest BCUT2D eigenvalue weighted by Gasteiger charge is -2.38. The fourth-order valence-corrected chi connectivity index (χ4v) is 4.40. The van der Waals surface area contributed by atoms with Crippen molar-refractivity contribution in [2.45, 2.75) is 50.8 Å². The predicted molar refractivity (Wildman–Crippen MR) is 117 cm³/mol. The zero-order valence-corrected chi connectivity index (χ0v) is 18.9. The maximum Gasteiger partial charge on any atom is 0.417 e. The van der Waals surface area contributed by atoms with E-state index in [1.54, 1.807) is 25.1 Å². The summed E-state index contributed by atoms with van der Waals surface area (Å²) < 4.78 is 62.0. The van der Waals surface area contributed by atoms with Crippen molar-refractivity contribution in [2.75, 3.05) is 7.11 Å². The summed E-state index contributed by atoms with van der Waals surface area (Å²) in [6.45, 7) is 4.82. The molecular weight excluding hydrogens is 446 g/mol. The number of nitrogens with zero attached hydrogens (tertiary/aromatic N) is 1. The van der Waals surface area contributed by atoms with E-state index >= 15 is 0 Å². The first-order valence-corrected chi connectivity index (χ1v) is 10.3. The van der Waals surface area contributed by atoms with E-state index in [-0.39, 0.29) is 22.0 Å². The number of methoxy groups -OCH3 is 1. The number of alkyl halides is 3. The quantitative estimate of drug-likeness (QED) is 0.329. The summed E-state index contributed by atoms with van der Waals surface area (Å²) in [5, 5.41) is 11.6. The van der Waals surface area contributed by atoms with Crippen LogP contribution in [0.2, 0.25) is 5.15 Å². The number of aryl methyl sites for hydroxylation is 1. The lowest BCUT2D eigenvalue weighted by molar-refractivity contribution is -0.266. The summed E-state index contributed by atoms with van der Waals surface area (Å²) in [5.41, 5.74) is -2.70. The molecule has 0 saturated heterocycles. The maximum atomic E-state index is 14.3. The van der Waals surface area contributed by atoms with Gasteiger partial charge in [0.1, 0.15) is 16.7 Å². The summed E-state index contributed by atoms with van der Waals surface area (Å²) in [4.78, 5) is 4.23. The van der Waals surface area contributed by atoms with Crippen LogP contribution in [0.3, 0.4) is 0 Å². The van der Waals surface area contributed by atoms with Crippen molar-refractivity contribution in [2.24, 2.45) is 0 Å². The van der Waals surface area contributed by atoms with Crippen LogP contribution < -0.4 is 4.74 Å². The Kier molecular flexibility index (Phi) is 6.46. The van der Waals surface area contributed by atoms with E-state index in [0.717, 1.165) is 11.6 Å². The number of rotatable bonds is 6. The second-order valence-electron chi connectivity index (χ2n) is 8.69. The van der Waals surface area contributed by atoms with Crippen LogP contribution in [-0.2, 0) is 11.8 Å². The van der Waals surface area contributed by atoms with Gasteiger partial charge in [-0.3, -0.25) is 0 Å². The molecule has 0 spiro atoms. The minimum atomic E-state index is -4.96. The standard InChI is InChI=1S/C24H24ClF4NO2/c1-14-6-5-7-17-15(10-20(25)30-21(14)17)12-23(31,24(27,28)29)13-22(2,3)18-11-16(26)8-9-19(18)32-4/h5-11,31H,12-13H2,1-4H3. The van der Waals surface area contributed by atoms with Crippen LogP contribution in [0, 0.1) is 12.7 Å². The minimum Gasteiger partial charge on any atom is -0.496 e. The first-order chi connectivity index (χ1) is 14.8. The number of pyridine rings is 1. The zero-order chi connectivity index (χ0) is 23.9. The number of fused-ring (bicyclic) bond motifs is 1. The highest BCUT2D eigenvalue weighted by molar-refractivity contribution is 6.30. The van der Waals surface area contributed by atoms with Gasteiger partial charge in [-0.15, -0.1) is 0 Å².